The van der Waals surface area contributed by atoms with Gasteiger partial charge in [0.1, 0.15) is 18.2 Å². The van der Waals surface area contributed by atoms with E-state index in [1.807, 2.05) is 0 Å². The summed E-state index contributed by atoms with van der Waals surface area (Å²) >= 11 is 0. The summed E-state index contributed by atoms with van der Waals surface area (Å²) in [7, 11) is 0. The fourth-order valence-electron chi connectivity index (χ4n) is 1.84. The lowest BCUT2D eigenvalue weighted by molar-refractivity contribution is -0.146. The third kappa shape index (κ3) is 5.38. The van der Waals surface area contributed by atoms with Gasteiger partial charge in [-0.25, -0.2) is 8.78 Å². The van der Waals surface area contributed by atoms with Crippen molar-refractivity contribution < 1.29 is 27.9 Å². The molecule has 8 heteroatoms. The zero-order valence-electron chi connectivity index (χ0n) is 12.9. The molecule has 0 aliphatic carbocycles. The molecule has 2 rings (SSSR count). The number of nitrogens with one attached hydrogen (secondary N) is 2. The molecule has 2 N–H and O–H groups in total. The van der Waals surface area contributed by atoms with E-state index < -0.39 is 42.6 Å². The molecule has 2 amide bonds. The molecule has 0 bridgehead atoms. The standard InChI is InChI=1S/C17H14F2N2O4/c18-12-6-2-1-5-11(12)17(24)20-9-16(23)25-10-15(22)21-14-8-4-3-7-13(14)19/h1-8H,9-10H2,(H,20,24)(H,21,22). The third-order valence-electron chi connectivity index (χ3n) is 3.02. The molecule has 0 aliphatic heterocycles. The average Bonchev–Trinajstić information content (AvgIpc) is 2.60. The number of hydrogen-bond donors (Lipinski definition) is 2. The molecule has 0 radical (unpaired) electrons. The Kier molecular flexibility index (Phi) is 6.16. The van der Waals surface area contributed by atoms with Crippen LogP contribution in [0.4, 0.5) is 14.5 Å². The summed E-state index contributed by atoms with van der Waals surface area (Å²) in [4.78, 5) is 34.8. The van der Waals surface area contributed by atoms with Crippen LogP contribution >= 0.6 is 0 Å². The largest absolute Gasteiger partial charge is 0.454 e. The van der Waals surface area contributed by atoms with Crippen molar-refractivity contribution in [1.82, 2.24) is 5.32 Å². The minimum absolute atomic E-state index is 0.0450. The lowest BCUT2D eigenvalue weighted by atomic mass is 10.2. The van der Waals surface area contributed by atoms with Gasteiger partial charge in [-0.15, -0.1) is 0 Å². The van der Waals surface area contributed by atoms with Crippen molar-refractivity contribution in [3.8, 4) is 0 Å². The van der Waals surface area contributed by atoms with E-state index in [-0.39, 0.29) is 11.3 Å². The quantitative estimate of drug-likeness (QED) is 0.781. The first kappa shape index (κ1) is 18.1. The molecule has 0 fully saturated rings. The van der Waals surface area contributed by atoms with Crippen molar-refractivity contribution in [3.05, 3.63) is 65.7 Å². The molecule has 6 nitrogen and oxygen atoms in total. The first-order chi connectivity index (χ1) is 12.0. The Morgan fingerprint density at radius 2 is 1.56 bits per heavy atom. The van der Waals surface area contributed by atoms with E-state index in [1.54, 1.807) is 0 Å². The molecule has 0 aliphatic rings. The van der Waals surface area contributed by atoms with Gasteiger partial charge in [0.05, 0.1) is 11.3 Å². The van der Waals surface area contributed by atoms with E-state index >= 15 is 0 Å². The van der Waals surface area contributed by atoms with E-state index in [0.717, 1.165) is 6.07 Å². The van der Waals surface area contributed by atoms with Gasteiger partial charge in [0, 0.05) is 0 Å². The number of anilines is 1. The van der Waals surface area contributed by atoms with Gasteiger partial charge in [-0.3, -0.25) is 14.4 Å². The SMILES string of the molecule is O=C(COC(=O)CNC(=O)c1ccccc1F)Nc1ccccc1F. The van der Waals surface area contributed by atoms with Crippen LogP contribution in [0.1, 0.15) is 10.4 Å². The number of benzene rings is 2. The van der Waals surface area contributed by atoms with E-state index in [4.69, 9.17) is 0 Å². The molecule has 0 atom stereocenters. The topological polar surface area (TPSA) is 84.5 Å². The number of carbonyl (C=O) groups is 3. The monoisotopic (exact) mass is 348 g/mol. The highest BCUT2D eigenvalue weighted by molar-refractivity contribution is 5.96. The second kappa shape index (κ2) is 8.53. The van der Waals surface area contributed by atoms with Crippen molar-refractivity contribution in [3.63, 3.8) is 0 Å². The second-order valence-corrected chi connectivity index (χ2v) is 4.85. The zero-order valence-corrected chi connectivity index (χ0v) is 12.9. The van der Waals surface area contributed by atoms with Crippen LogP contribution in [0.15, 0.2) is 48.5 Å². The molecule has 2 aromatic carbocycles. The highest BCUT2D eigenvalue weighted by atomic mass is 19.1. The van der Waals surface area contributed by atoms with E-state index in [0.29, 0.717) is 0 Å². The van der Waals surface area contributed by atoms with Crippen molar-refractivity contribution in [1.29, 1.82) is 0 Å². The van der Waals surface area contributed by atoms with E-state index in [1.165, 1.54) is 42.5 Å². The highest BCUT2D eigenvalue weighted by Crippen LogP contribution is 2.11. The normalized spacial score (nSPS) is 10.0. The van der Waals surface area contributed by atoms with Crippen LogP contribution in [0.25, 0.3) is 0 Å². The number of halogens is 2. The smallest absolute Gasteiger partial charge is 0.325 e. The Hall–Kier alpha value is -3.29. The van der Waals surface area contributed by atoms with Crippen LogP contribution in [-0.4, -0.2) is 30.9 Å². The molecule has 25 heavy (non-hydrogen) atoms. The van der Waals surface area contributed by atoms with Crippen LogP contribution in [0.3, 0.4) is 0 Å². The summed E-state index contributed by atoms with van der Waals surface area (Å²) in [6, 6.07) is 10.8. The van der Waals surface area contributed by atoms with Crippen molar-refractivity contribution in [2.75, 3.05) is 18.5 Å². The summed E-state index contributed by atoms with van der Waals surface area (Å²) < 4.78 is 31.4. The van der Waals surface area contributed by atoms with Gasteiger partial charge in [0.2, 0.25) is 0 Å². The predicted molar refractivity (Wildman–Crippen MR) is 84.7 cm³/mol. The molecule has 0 aromatic heterocycles. The van der Waals surface area contributed by atoms with Gasteiger partial charge in [0.25, 0.3) is 11.8 Å². The number of carbonyl (C=O) groups excluding carboxylic acids is 3. The molecular formula is C17H14F2N2O4. The number of hydrogen-bond acceptors (Lipinski definition) is 4. The molecule has 0 saturated heterocycles. The van der Waals surface area contributed by atoms with Gasteiger partial charge >= 0.3 is 5.97 Å². The Balaban J connectivity index is 1.75. The van der Waals surface area contributed by atoms with Crippen LogP contribution in [0, 0.1) is 11.6 Å². The highest BCUT2D eigenvalue weighted by Gasteiger charge is 2.14. The van der Waals surface area contributed by atoms with Crippen LogP contribution in [0.5, 0.6) is 0 Å². The summed E-state index contributed by atoms with van der Waals surface area (Å²) in [5.74, 6) is -3.77. The van der Waals surface area contributed by atoms with Crippen LogP contribution in [-0.2, 0) is 14.3 Å². The molecular weight excluding hydrogens is 334 g/mol. The fourth-order valence-corrected chi connectivity index (χ4v) is 1.84. The van der Waals surface area contributed by atoms with Crippen LogP contribution in [0.2, 0.25) is 0 Å². The lowest BCUT2D eigenvalue weighted by Crippen LogP contribution is -2.32. The summed E-state index contributed by atoms with van der Waals surface area (Å²) in [5, 5.41) is 4.41. The average molecular weight is 348 g/mol. The third-order valence-corrected chi connectivity index (χ3v) is 3.02. The molecule has 2 aromatic rings. The number of para-hydroxylation sites is 1. The molecule has 0 saturated carbocycles. The van der Waals surface area contributed by atoms with Crippen molar-refractivity contribution in [2.24, 2.45) is 0 Å². The molecule has 130 valence electrons. The Bertz CT molecular complexity index is 796. The molecule has 0 heterocycles. The van der Waals surface area contributed by atoms with Gasteiger partial charge in [-0.2, -0.15) is 0 Å². The van der Waals surface area contributed by atoms with Gasteiger partial charge in [-0.05, 0) is 24.3 Å². The maximum Gasteiger partial charge on any atom is 0.325 e. The predicted octanol–water partition coefficient (Wildman–Crippen LogP) is 1.88. The van der Waals surface area contributed by atoms with Crippen molar-refractivity contribution in [2.45, 2.75) is 0 Å². The van der Waals surface area contributed by atoms with Gasteiger partial charge in [0.15, 0.2) is 6.61 Å². The van der Waals surface area contributed by atoms with Gasteiger partial charge < -0.3 is 15.4 Å². The van der Waals surface area contributed by atoms with Crippen LogP contribution < -0.4 is 10.6 Å². The number of rotatable bonds is 6. The maximum absolute atomic E-state index is 13.4. The Morgan fingerprint density at radius 1 is 0.920 bits per heavy atom. The van der Waals surface area contributed by atoms with E-state index in [9.17, 15) is 23.2 Å². The number of ether oxygens (including phenoxy) is 1. The first-order valence-corrected chi connectivity index (χ1v) is 7.20. The van der Waals surface area contributed by atoms with Crippen molar-refractivity contribution >= 4 is 23.5 Å². The summed E-state index contributed by atoms with van der Waals surface area (Å²) in [5.41, 5.74) is -0.260. The first-order valence-electron chi connectivity index (χ1n) is 7.20. The summed E-state index contributed by atoms with van der Waals surface area (Å²) in [6.07, 6.45) is 0. The van der Waals surface area contributed by atoms with E-state index in [2.05, 4.69) is 15.4 Å². The fraction of sp³-hybridized carbons (Fsp3) is 0.118. The maximum atomic E-state index is 13.4. The zero-order chi connectivity index (χ0) is 18.2. The number of amides is 2. The minimum atomic E-state index is -0.895. The lowest BCUT2D eigenvalue weighted by Gasteiger charge is -2.08. The number of esters is 1. The van der Waals surface area contributed by atoms with Gasteiger partial charge in [-0.1, -0.05) is 24.3 Å². The molecule has 0 unspecified atom stereocenters. The summed E-state index contributed by atoms with van der Waals surface area (Å²) in [6.45, 7) is -1.19. The Labute approximate surface area is 141 Å². The minimum Gasteiger partial charge on any atom is -0.454 e. The molecule has 0 spiro atoms. The second-order valence-electron chi connectivity index (χ2n) is 4.85. The Morgan fingerprint density at radius 3 is 2.24 bits per heavy atom.